The van der Waals surface area contributed by atoms with Crippen molar-refractivity contribution < 1.29 is 9.90 Å². The van der Waals surface area contributed by atoms with Gasteiger partial charge in [0, 0.05) is 0 Å². The van der Waals surface area contributed by atoms with Gasteiger partial charge >= 0.3 is 5.97 Å². The maximum absolute atomic E-state index is 11.8. The Morgan fingerprint density at radius 1 is 1.12 bits per heavy atom. The molecule has 2 bridgehead atoms. The number of nitrogens with one attached hydrogen (secondary N) is 1. The highest BCUT2D eigenvalue weighted by atomic mass is 16.4. The van der Waals surface area contributed by atoms with E-state index in [4.69, 9.17) is 0 Å². The molecule has 3 heteroatoms. The summed E-state index contributed by atoms with van der Waals surface area (Å²) in [6.07, 6.45) is 4.97. The van der Waals surface area contributed by atoms with Crippen LogP contribution >= 0.6 is 0 Å². The van der Waals surface area contributed by atoms with Crippen LogP contribution in [0.3, 0.4) is 0 Å². The van der Waals surface area contributed by atoms with Gasteiger partial charge in [-0.05, 0) is 72.1 Å². The molecule has 1 heterocycles. The Morgan fingerprint density at radius 2 is 1.88 bits per heavy atom. The molecule has 134 valence electrons. The molecule has 0 radical (unpaired) electrons. The van der Waals surface area contributed by atoms with Crippen molar-refractivity contribution in [1.82, 2.24) is 0 Å². The first kappa shape index (κ1) is 15.9. The highest BCUT2D eigenvalue weighted by molar-refractivity contribution is 5.95. The second kappa shape index (κ2) is 5.87. The summed E-state index contributed by atoms with van der Waals surface area (Å²) in [5.74, 6) is 1.72. The van der Waals surface area contributed by atoms with Gasteiger partial charge in [-0.2, -0.15) is 0 Å². The summed E-state index contributed by atoms with van der Waals surface area (Å²) in [4.78, 5) is 11.8. The minimum absolute atomic E-state index is 0.217. The van der Waals surface area contributed by atoms with Gasteiger partial charge in [-0.25, -0.2) is 4.79 Å². The lowest BCUT2D eigenvalue weighted by molar-refractivity contribution is 0.0697. The molecule has 26 heavy (non-hydrogen) atoms. The molecule has 1 aliphatic heterocycles. The van der Waals surface area contributed by atoms with Crippen LogP contribution in [0.4, 0.5) is 5.69 Å². The minimum atomic E-state index is -0.837. The molecule has 2 aromatic carbocycles. The van der Waals surface area contributed by atoms with E-state index in [0.717, 1.165) is 18.0 Å². The van der Waals surface area contributed by atoms with Crippen molar-refractivity contribution in [3.8, 4) is 0 Å². The number of aryl methyl sites for hydroxylation is 1. The average molecular weight is 347 g/mol. The normalized spacial score (nSPS) is 31.2. The first-order chi connectivity index (χ1) is 12.7. The number of hydrogen-bond acceptors (Lipinski definition) is 2. The Balaban J connectivity index is 1.64. The molecule has 0 aromatic heterocycles. The number of anilines is 1. The molecule has 5 atom stereocenters. The summed E-state index contributed by atoms with van der Waals surface area (Å²) >= 11 is 0. The van der Waals surface area contributed by atoms with Gasteiger partial charge < -0.3 is 10.4 Å². The van der Waals surface area contributed by atoms with Crippen LogP contribution in [0, 0.1) is 17.8 Å². The second-order valence-corrected chi connectivity index (χ2v) is 8.23. The summed E-state index contributed by atoms with van der Waals surface area (Å²) in [5.41, 5.74) is 5.16. The Hall–Kier alpha value is -2.29. The van der Waals surface area contributed by atoms with Crippen molar-refractivity contribution in [2.75, 3.05) is 5.32 Å². The van der Waals surface area contributed by atoms with Gasteiger partial charge in [0.1, 0.15) is 0 Å². The third-order valence-electron chi connectivity index (χ3n) is 7.10. The molecule has 0 saturated heterocycles. The Labute approximate surface area is 154 Å². The van der Waals surface area contributed by atoms with Crippen molar-refractivity contribution in [1.29, 1.82) is 0 Å². The molecule has 2 N–H and O–H groups in total. The standard InChI is InChI=1S/C23H25NO2/c1-2-13-6-8-14(9-7-13)21-20-16-11-10-15(12-16)19(20)17-4-3-5-18(23(25)26)22(17)24-21/h3-9,15-16,19-21,24H,2,10-12H2,1H3,(H,25,26)/t15-,16+,19-,20+,21-/m1/s1. The highest BCUT2D eigenvalue weighted by Crippen LogP contribution is 2.63. The molecular weight excluding hydrogens is 322 g/mol. The summed E-state index contributed by atoms with van der Waals surface area (Å²) in [6.45, 7) is 2.18. The van der Waals surface area contributed by atoms with Crippen molar-refractivity contribution in [2.45, 2.75) is 44.6 Å². The third-order valence-corrected chi connectivity index (χ3v) is 7.10. The lowest BCUT2D eigenvalue weighted by Gasteiger charge is -2.44. The van der Waals surface area contributed by atoms with E-state index in [1.807, 2.05) is 6.07 Å². The fourth-order valence-electron chi connectivity index (χ4n) is 5.98. The maximum Gasteiger partial charge on any atom is 0.337 e. The fraction of sp³-hybridized carbons (Fsp3) is 0.435. The minimum Gasteiger partial charge on any atom is -0.478 e. The van der Waals surface area contributed by atoms with Gasteiger partial charge in [0.05, 0.1) is 17.3 Å². The van der Waals surface area contributed by atoms with Crippen LogP contribution in [0.15, 0.2) is 42.5 Å². The first-order valence-corrected chi connectivity index (χ1v) is 9.89. The van der Waals surface area contributed by atoms with Crippen molar-refractivity contribution in [2.24, 2.45) is 17.8 Å². The van der Waals surface area contributed by atoms with E-state index in [-0.39, 0.29) is 6.04 Å². The smallest absolute Gasteiger partial charge is 0.337 e. The summed E-state index contributed by atoms with van der Waals surface area (Å²) in [5, 5.41) is 13.4. The fourth-order valence-corrected chi connectivity index (χ4v) is 5.98. The zero-order valence-corrected chi connectivity index (χ0v) is 15.1. The molecule has 0 amide bonds. The zero-order chi connectivity index (χ0) is 17.8. The SMILES string of the molecule is CCc1ccc([C@H]2Nc3c(C(=O)O)cccc3[C@H]3[C@@H]4CC[C@@H](C4)[C@@H]32)cc1. The molecule has 2 saturated carbocycles. The van der Waals surface area contributed by atoms with Crippen LogP contribution in [0.2, 0.25) is 0 Å². The summed E-state index contributed by atoms with van der Waals surface area (Å²) in [7, 11) is 0. The first-order valence-electron chi connectivity index (χ1n) is 9.89. The number of fused-ring (bicyclic) bond motifs is 7. The summed E-state index contributed by atoms with van der Waals surface area (Å²) < 4.78 is 0. The predicted molar refractivity (Wildman–Crippen MR) is 103 cm³/mol. The highest BCUT2D eigenvalue weighted by Gasteiger charge is 2.54. The maximum atomic E-state index is 11.8. The molecule has 3 nitrogen and oxygen atoms in total. The molecule has 2 aromatic rings. The van der Waals surface area contributed by atoms with E-state index < -0.39 is 5.97 Å². The Bertz CT molecular complexity index is 857. The van der Waals surface area contributed by atoms with Crippen molar-refractivity contribution in [3.05, 3.63) is 64.7 Å². The molecule has 3 aliphatic rings. The van der Waals surface area contributed by atoms with Gasteiger partial charge in [-0.3, -0.25) is 0 Å². The summed E-state index contributed by atoms with van der Waals surface area (Å²) in [6, 6.07) is 15.0. The number of para-hydroxylation sites is 1. The van der Waals surface area contributed by atoms with E-state index in [0.29, 0.717) is 23.3 Å². The number of carboxylic acids is 1. The molecule has 5 rings (SSSR count). The molecule has 0 spiro atoms. The van der Waals surface area contributed by atoms with Crippen LogP contribution in [-0.2, 0) is 6.42 Å². The Kier molecular flexibility index (Phi) is 3.59. The van der Waals surface area contributed by atoms with E-state index in [2.05, 4.69) is 42.6 Å². The number of aromatic carboxylic acids is 1. The number of hydrogen-bond donors (Lipinski definition) is 2. The van der Waals surface area contributed by atoms with Crippen molar-refractivity contribution >= 4 is 11.7 Å². The molecule has 0 unspecified atom stereocenters. The van der Waals surface area contributed by atoms with E-state index in [9.17, 15) is 9.90 Å². The monoisotopic (exact) mass is 347 g/mol. The van der Waals surface area contributed by atoms with Crippen molar-refractivity contribution in [3.63, 3.8) is 0 Å². The predicted octanol–water partition coefficient (Wildman–Crippen LogP) is 5.24. The third kappa shape index (κ3) is 2.22. The molecule has 2 aliphatic carbocycles. The van der Waals surface area contributed by atoms with E-state index >= 15 is 0 Å². The number of carboxylic acid groups (broad SMARTS) is 1. The Morgan fingerprint density at radius 3 is 2.62 bits per heavy atom. The zero-order valence-electron chi connectivity index (χ0n) is 15.1. The lowest BCUT2D eigenvalue weighted by Crippen LogP contribution is -2.36. The van der Waals surface area contributed by atoms with Gasteiger partial charge in [0.25, 0.3) is 0 Å². The van der Waals surface area contributed by atoms with Crippen LogP contribution in [0.5, 0.6) is 0 Å². The average Bonchev–Trinajstić information content (AvgIpc) is 3.29. The largest absolute Gasteiger partial charge is 0.478 e. The van der Waals surface area contributed by atoms with E-state index in [1.165, 1.54) is 36.0 Å². The molecule has 2 fully saturated rings. The van der Waals surface area contributed by atoms with Gasteiger partial charge in [-0.1, -0.05) is 43.3 Å². The van der Waals surface area contributed by atoms with Crippen LogP contribution in [-0.4, -0.2) is 11.1 Å². The lowest BCUT2D eigenvalue weighted by atomic mass is 9.67. The quantitative estimate of drug-likeness (QED) is 0.798. The van der Waals surface area contributed by atoms with Crippen LogP contribution in [0.25, 0.3) is 0 Å². The topological polar surface area (TPSA) is 49.3 Å². The number of rotatable bonds is 3. The number of carbonyl (C=O) groups is 1. The van der Waals surface area contributed by atoms with Crippen LogP contribution < -0.4 is 5.32 Å². The van der Waals surface area contributed by atoms with Crippen LogP contribution in [0.1, 0.15) is 65.2 Å². The molecular formula is C23H25NO2. The van der Waals surface area contributed by atoms with Gasteiger partial charge in [-0.15, -0.1) is 0 Å². The number of benzene rings is 2. The van der Waals surface area contributed by atoms with Gasteiger partial charge in [0.15, 0.2) is 0 Å². The van der Waals surface area contributed by atoms with E-state index in [1.54, 1.807) is 6.07 Å². The van der Waals surface area contributed by atoms with Gasteiger partial charge in [0.2, 0.25) is 0 Å². The second-order valence-electron chi connectivity index (χ2n) is 8.23.